The van der Waals surface area contributed by atoms with Gasteiger partial charge in [0.2, 0.25) is 21.8 Å². The molecule has 1 aromatic rings. The Labute approximate surface area is 167 Å². The van der Waals surface area contributed by atoms with E-state index in [1.807, 2.05) is 0 Å². The molecule has 7 nitrogen and oxygen atoms in total. The smallest absolute Gasteiger partial charge is 0.243 e. The van der Waals surface area contributed by atoms with E-state index in [0.717, 1.165) is 23.6 Å². The maximum absolute atomic E-state index is 13.0. The van der Waals surface area contributed by atoms with Crippen molar-refractivity contribution < 1.29 is 18.0 Å². The van der Waals surface area contributed by atoms with E-state index in [9.17, 15) is 18.0 Å². The van der Waals surface area contributed by atoms with Gasteiger partial charge >= 0.3 is 0 Å². The first-order valence-electron chi connectivity index (χ1n) is 9.52. The van der Waals surface area contributed by atoms with Gasteiger partial charge in [-0.2, -0.15) is 4.31 Å². The molecular weight excluding hydrogens is 378 g/mol. The van der Waals surface area contributed by atoms with Crippen molar-refractivity contribution in [2.75, 3.05) is 18.4 Å². The zero-order valence-electron chi connectivity index (χ0n) is 16.5. The second-order valence-electron chi connectivity index (χ2n) is 7.23. The summed E-state index contributed by atoms with van der Waals surface area (Å²) in [5, 5.41) is 5.58. The van der Waals surface area contributed by atoms with Crippen LogP contribution in [0.1, 0.15) is 39.5 Å². The van der Waals surface area contributed by atoms with E-state index in [0.29, 0.717) is 11.6 Å². The lowest BCUT2D eigenvalue weighted by molar-refractivity contribution is -0.122. The number of hydrogen-bond acceptors (Lipinski definition) is 4. The van der Waals surface area contributed by atoms with Gasteiger partial charge in [0.25, 0.3) is 0 Å². The number of nitrogens with zero attached hydrogens (tertiary/aromatic N) is 1. The van der Waals surface area contributed by atoms with Crippen LogP contribution in [0.25, 0.3) is 0 Å². The van der Waals surface area contributed by atoms with Crippen molar-refractivity contribution in [2.24, 2.45) is 5.92 Å². The SMILES string of the molecule is C=CCN(CC(=O)N[C@H]1CCCC[C@H]1C)S(=O)(=O)c1ccc(NC(C)=O)cc1. The molecule has 0 aromatic heterocycles. The Morgan fingerprint density at radius 1 is 1.21 bits per heavy atom. The number of amides is 2. The van der Waals surface area contributed by atoms with Crippen LogP contribution < -0.4 is 10.6 Å². The van der Waals surface area contributed by atoms with Crippen molar-refractivity contribution in [1.82, 2.24) is 9.62 Å². The summed E-state index contributed by atoms with van der Waals surface area (Å²) < 4.78 is 27.0. The first-order chi connectivity index (χ1) is 13.2. The van der Waals surface area contributed by atoms with Gasteiger partial charge in [0.05, 0.1) is 11.4 Å². The van der Waals surface area contributed by atoms with Gasteiger partial charge < -0.3 is 10.6 Å². The average molecular weight is 408 g/mol. The highest BCUT2D eigenvalue weighted by atomic mass is 32.2. The van der Waals surface area contributed by atoms with Crippen LogP contribution in [-0.4, -0.2) is 43.7 Å². The summed E-state index contributed by atoms with van der Waals surface area (Å²) in [7, 11) is -3.87. The molecule has 28 heavy (non-hydrogen) atoms. The summed E-state index contributed by atoms with van der Waals surface area (Å²) in [6.07, 6.45) is 5.69. The highest BCUT2D eigenvalue weighted by molar-refractivity contribution is 7.89. The molecular formula is C20H29N3O4S. The van der Waals surface area contributed by atoms with Crippen LogP contribution in [0.4, 0.5) is 5.69 Å². The molecule has 2 rings (SSSR count). The van der Waals surface area contributed by atoms with Gasteiger partial charge in [-0.3, -0.25) is 9.59 Å². The Kier molecular flexibility index (Phi) is 7.77. The molecule has 1 aliphatic carbocycles. The summed E-state index contributed by atoms with van der Waals surface area (Å²) in [4.78, 5) is 23.7. The largest absolute Gasteiger partial charge is 0.352 e. The van der Waals surface area contributed by atoms with Crippen molar-refractivity contribution in [1.29, 1.82) is 0 Å². The number of anilines is 1. The van der Waals surface area contributed by atoms with Crippen LogP contribution >= 0.6 is 0 Å². The van der Waals surface area contributed by atoms with Crippen molar-refractivity contribution in [2.45, 2.75) is 50.5 Å². The van der Waals surface area contributed by atoms with Crippen molar-refractivity contribution in [3.05, 3.63) is 36.9 Å². The molecule has 154 valence electrons. The summed E-state index contributed by atoms with van der Waals surface area (Å²) in [6, 6.07) is 5.95. The molecule has 0 heterocycles. The maximum Gasteiger partial charge on any atom is 0.243 e. The summed E-state index contributed by atoms with van der Waals surface area (Å²) in [5.41, 5.74) is 0.505. The Bertz CT molecular complexity index is 805. The van der Waals surface area contributed by atoms with Crippen molar-refractivity contribution in [3.8, 4) is 0 Å². The van der Waals surface area contributed by atoms with Gasteiger partial charge in [0, 0.05) is 25.2 Å². The number of rotatable bonds is 8. The molecule has 0 radical (unpaired) electrons. The second kappa shape index (κ2) is 9.84. The third kappa shape index (κ3) is 5.90. The third-order valence-electron chi connectivity index (χ3n) is 4.92. The lowest BCUT2D eigenvalue weighted by Gasteiger charge is -2.30. The molecule has 2 amide bonds. The van der Waals surface area contributed by atoms with E-state index in [4.69, 9.17) is 0 Å². The van der Waals surface area contributed by atoms with Gasteiger partial charge in [0.1, 0.15) is 0 Å². The van der Waals surface area contributed by atoms with Crippen molar-refractivity contribution >= 4 is 27.5 Å². The first-order valence-corrected chi connectivity index (χ1v) is 11.0. The Balaban J connectivity index is 2.10. The lowest BCUT2D eigenvalue weighted by Crippen LogP contribution is -2.47. The molecule has 1 fully saturated rings. The molecule has 0 unspecified atom stereocenters. The topological polar surface area (TPSA) is 95.6 Å². The maximum atomic E-state index is 13.0. The normalized spacial score (nSPS) is 19.8. The third-order valence-corrected chi connectivity index (χ3v) is 6.75. The zero-order chi connectivity index (χ0) is 20.7. The Morgan fingerprint density at radius 3 is 2.43 bits per heavy atom. The predicted octanol–water partition coefficient (Wildman–Crippen LogP) is 2.52. The molecule has 0 aliphatic heterocycles. The minimum Gasteiger partial charge on any atom is -0.352 e. The average Bonchev–Trinajstić information content (AvgIpc) is 2.63. The minimum atomic E-state index is -3.87. The van der Waals surface area contributed by atoms with Gasteiger partial charge in [0.15, 0.2) is 0 Å². The van der Waals surface area contributed by atoms with Crippen molar-refractivity contribution in [3.63, 3.8) is 0 Å². The molecule has 1 saturated carbocycles. The standard InChI is InChI=1S/C20H29N3O4S/c1-4-13-23(14-20(25)22-19-8-6-5-7-15(19)2)28(26,27)18-11-9-17(10-12-18)21-16(3)24/h4,9-12,15,19H,1,5-8,13-14H2,2-3H3,(H,21,24)(H,22,25)/t15-,19+/m1/s1. The zero-order valence-corrected chi connectivity index (χ0v) is 17.3. The number of benzene rings is 1. The van der Waals surface area contributed by atoms with Crippen LogP contribution in [0.2, 0.25) is 0 Å². The van der Waals surface area contributed by atoms with Gasteiger partial charge in [-0.15, -0.1) is 6.58 Å². The highest BCUT2D eigenvalue weighted by Gasteiger charge is 2.28. The molecule has 0 saturated heterocycles. The number of carbonyl (C=O) groups is 2. The van der Waals surface area contributed by atoms with Gasteiger partial charge in [-0.25, -0.2) is 8.42 Å². The van der Waals surface area contributed by atoms with E-state index < -0.39 is 10.0 Å². The molecule has 1 aliphatic rings. The Hall–Kier alpha value is -2.19. The quantitative estimate of drug-likeness (QED) is 0.647. The summed E-state index contributed by atoms with van der Waals surface area (Å²) in [6.45, 7) is 6.86. The second-order valence-corrected chi connectivity index (χ2v) is 9.17. The van der Waals surface area contributed by atoms with E-state index in [1.54, 1.807) is 0 Å². The fourth-order valence-electron chi connectivity index (χ4n) is 3.40. The van der Waals surface area contributed by atoms with Gasteiger partial charge in [-0.1, -0.05) is 25.8 Å². The molecule has 2 N–H and O–H groups in total. The van der Waals surface area contributed by atoms with E-state index in [-0.39, 0.29) is 35.8 Å². The summed E-state index contributed by atoms with van der Waals surface area (Å²) in [5.74, 6) is -0.153. The minimum absolute atomic E-state index is 0.0312. The summed E-state index contributed by atoms with van der Waals surface area (Å²) >= 11 is 0. The monoisotopic (exact) mass is 407 g/mol. The van der Waals surface area contributed by atoms with Crippen LogP contribution in [0, 0.1) is 5.92 Å². The van der Waals surface area contributed by atoms with Gasteiger partial charge in [-0.05, 0) is 43.0 Å². The fraction of sp³-hybridized carbons (Fsp3) is 0.500. The van der Waals surface area contributed by atoms with Crippen LogP contribution in [0.5, 0.6) is 0 Å². The molecule has 8 heteroatoms. The van der Waals surface area contributed by atoms with Crippen LogP contribution in [-0.2, 0) is 19.6 Å². The first kappa shape index (κ1) is 22.1. The predicted molar refractivity (Wildman–Crippen MR) is 109 cm³/mol. The highest BCUT2D eigenvalue weighted by Crippen LogP contribution is 2.24. The lowest BCUT2D eigenvalue weighted by atomic mass is 9.86. The molecule has 2 atom stereocenters. The molecule has 1 aromatic carbocycles. The number of hydrogen-bond donors (Lipinski definition) is 2. The number of sulfonamides is 1. The number of nitrogens with one attached hydrogen (secondary N) is 2. The number of carbonyl (C=O) groups excluding carboxylic acids is 2. The van der Waals surface area contributed by atoms with Crippen LogP contribution in [0.3, 0.4) is 0 Å². The van der Waals surface area contributed by atoms with E-state index >= 15 is 0 Å². The van der Waals surface area contributed by atoms with E-state index in [2.05, 4.69) is 24.1 Å². The van der Waals surface area contributed by atoms with Crippen LogP contribution in [0.15, 0.2) is 41.8 Å². The fourth-order valence-corrected chi connectivity index (χ4v) is 4.76. The Morgan fingerprint density at radius 2 is 1.86 bits per heavy atom. The molecule has 0 spiro atoms. The van der Waals surface area contributed by atoms with E-state index in [1.165, 1.54) is 43.7 Å². The molecule has 0 bridgehead atoms.